The van der Waals surface area contributed by atoms with E-state index in [0.717, 1.165) is 13.0 Å². The van der Waals surface area contributed by atoms with E-state index in [9.17, 15) is 0 Å². The lowest BCUT2D eigenvalue weighted by Crippen LogP contribution is -2.20. The predicted molar refractivity (Wildman–Crippen MR) is 77.1 cm³/mol. The first-order valence-electron chi connectivity index (χ1n) is 7.12. The van der Waals surface area contributed by atoms with Gasteiger partial charge in [0, 0.05) is 43.3 Å². The molecule has 0 saturated carbocycles. The summed E-state index contributed by atoms with van der Waals surface area (Å²) in [6, 6.07) is 6.66. The molecule has 0 fully saturated rings. The van der Waals surface area contributed by atoms with Crippen molar-refractivity contribution in [2.24, 2.45) is 0 Å². The largest absolute Gasteiger partial charge is 0.353 e. The van der Waals surface area contributed by atoms with Crippen molar-refractivity contribution in [3.05, 3.63) is 53.6 Å². The summed E-state index contributed by atoms with van der Waals surface area (Å²) in [5.74, 6) is 0. The minimum absolute atomic E-state index is 0.542. The maximum Gasteiger partial charge on any atom is 0.0421 e. The van der Waals surface area contributed by atoms with Crippen molar-refractivity contribution in [2.75, 3.05) is 7.05 Å². The smallest absolute Gasteiger partial charge is 0.0421 e. The van der Waals surface area contributed by atoms with E-state index in [2.05, 4.69) is 46.4 Å². The lowest BCUT2D eigenvalue weighted by atomic mass is 9.91. The third-order valence-corrected chi connectivity index (χ3v) is 4.01. The van der Waals surface area contributed by atoms with Gasteiger partial charge in [0.15, 0.2) is 0 Å². The highest BCUT2D eigenvalue weighted by atomic mass is 15.0. The topological polar surface area (TPSA) is 29.9 Å². The van der Waals surface area contributed by atoms with Crippen LogP contribution in [0.5, 0.6) is 0 Å². The Hall–Kier alpha value is -1.61. The predicted octanol–water partition coefficient (Wildman–Crippen LogP) is 2.72. The second kappa shape index (κ2) is 5.57. The Labute approximate surface area is 114 Å². The highest BCUT2D eigenvalue weighted by Crippen LogP contribution is 2.30. The molecule has 0 aromatic carbocycles. The highest BCUT2D eigenvalue weighted by Gasteiger charge is 2.20. The fraction of sp³-hybridized carbons (Fsp3) is 0.438. The number of hydrogen-bond acceptors (Lipinski definition) is 2. The molecule has 3 heteroatoms. The molecule has 0 saturated heterocycles. The van der Waals surface area contributed by atoms with Crippen LogP contribution in [0.25, 0.3) is 0 Å². The average Bonchev–Trinajstić information content (AvgIpc) is 2.89. The zero-order valence-corrected chi connectivity index (χ0v) is 11.5. The first-order chi connectivity index (χ1) is 9.36. The fourth-order valence-corrected chi connectivity index (χ4v) is 2.97. The molecule has 1 N–H and O–H groups in total. The van der Waals surface area contributed by atoms with Gasteiger partial charge in [-0.2, -0.15) is 0 Å². The lowest BCUT2D eigenvalue weighted by Gasteiger charge is -2.21. The first-order valence-corrected chi connectivity index (χ1v) is 7.12. The van der Waals surface area contributed by atoms with Gasteiger partial charge in [0.1, 0.15) is 0 Å². The Morgan fingerprint density at radius 3 is 3.11 bits per heavy atom. The van der Waals surface area contributed by atoms with Gasteiger partial charge in [0.2, 0.25) is 0 Å². The van der Waals surface area contributed by atoms with E-state index < -0.39 is 0 Å². The van der Waals surface area contributed by atoms with Gasteiger partial charge in [-0.25, -0.2) is 0 Å². The van der Waals surface area contributed by atoms with Crippen molar-refractivity contribution in [2.45, 2.75) is 38.3 Å². The standard InChI is InChI=1S/C16H21N3/c1-17-16-7-4-5-13-11-19(12-15(13)16)10-8-14-6-2-3-9-18-14/h2-3,6,9,11-12,16-17H,4-5,7-8,10H2,1H3. The minimum Gasteiger partial charge on any atom is -0.353 e. The molecule has 2 aromatic rings. The van der Waals surface area contributed by atoms with Gasteiger partial charge in [-0.15, -0.1) is 0 Å². The molecule has 0 spiro atoms. The molecule has 0 aliphatic heterocycles. The van der Waals surface area contributed by atoms with Gasteiger partial charge in [-0.05, 0) is 49.6 Å². The number of aromatic nitrogens is 2. The van der Waals surface area contributed by atoms with Gasteiger partial charge in [0.05, 0.1) is 0 Å². The summed E-state index contributed by atoms with van der Waals surface area (Å²) in [6.07, 6.45) is 11.3. The summed E-state index contributed by atoms with van der Waals surface area (Å²) >= 11 is 0. The van der Waals surface area contributed by atoms with Gasteiger partial charge in [-0.1, -0.05) is 6.07 Å². The van der Waals surface area contributed by atoms with Crippen molar-refractivity contribution < 1.29 is 0 Å². The van der Waals surface area contributed by atoms with Crippen LogP contribution >= 0.6 is 0 Å². The Morgan fingerprint density at radius 1 is 1.37 bits per heavy atom. The maximum absolute atomic E-state index is 4.38. The van der Waals surface area contributed by atoms with Gasteiger partial charge in [-0.3, -0.25) is 4.98 Å². The maximum atomic E-state index is 4.38. The van der Waals surface area contributed by atoms with Crippen molar-refractivity contribution in [3.8, 4) is 0 Å². The summed E-state index contributed by atoms with van der Waals surface area (Å²) in [7, 11) is 2.06. The molecule has 3 nitrogen and oxygen atoms in total. The number of nitrogens with one attached hydrogen (secondary N) is 1. The molecule has 0 amide bonds. The molecule has 1 aliphatic carbocycles. The quantitative estimate of drug-likeness (QED) is 0.910. The van der Waals surface area contributed by atoms with Gasteiger partial charge in [0.25, 0.3) is 0 Å². The van der Waals surface area contributed by atoms with E-state index in [-0.39, 0.29) is 0 Å². The molecular weight excluding hydrogens is 234 g/mol. The van der Waals surface area contributed by atoms with E-state index in [1.54, 1.807) is 0 Å². The van der Waals surface area contributed by atoms with E-state index in [1.165, 1.54) is 36.1 Å². The van der Waals surface area contributed by atoms with E-state index in [4.69, 9.17) is 0 Å². The summed E-state index contributed by atoms with van der Waals surface area (Å²) in [4.78, 5) is 4.38. The van der Waals surface area contributed by atoms with Gasteiger partial charge < -0.3 is 9.88 Å². The van der Waals surface area contributed by atoms with Crippen molar-refractivity contribution in [1.29, 1.82) is 0 Å². The van der Waals surface area contributed by atoms with Crippen LogP contribution in [-0.2, 0) is 19.4 Å². The monoisotopic (exact) mass is 255 g/mol. The number of fused-ring (bicyclic) bond motifs is 1. The fourth-order valence-electron chi connectivity index (χ4n) is 2.97. The van der Waals surface area contributed by atoms with Crippen LogP contribution in [0.2, 0.25) is 0 Å². The van der Waals surface area contributed by atoms with E-state index >= 15 is 0 Å². The molecule has 1 atom stereocenters. The van der Waals surface area contributed by atoms with Crippen LogP contribution in [0.4, 0.5) is 0 Å². The highest BCUT2D eigenvalue weighted by molar-refractivity contribution is 5.30. The van der Waals surface area contributed by atoms with Crippen molar-refractivity contribution in [1.82, 2.24) is 14.9 Å². The molecule has 19 heavy (non-hydrogen) atoms. The van der Waals surface area contributed by atoms with Crippen molar-refractivity contribution in [3.63, 3.8) is 0 Å². The molecule has 0 radical (unpaired) electrons. The zero-order chi connectivity index (χ0) is 13.1. The first kappa shape index (κ1) is 12.4. The Morgan fingerprint density at radius 2 is 2.32 bits per heavy atom. The van der Waals surface area contributed by atoms with Crippen LogP contribution in [0.3, 0.4) is 0 Å². The van der Waals surface area contributed by atoms with E-state index in [1.807, 2.05) is 12.3 Å². The molecule has 2 heterocycles. The van der Waals surface area contributed by atoms with E-state index in [0.29, 0.717) is 6.04 Å². The third-order valence-electron chi connectivity index (χ3n) is 4.01. The summed E-state index contributed by atoms with van der Waals surface area (Å²) in [5, 5.41) is 3.42. The second-order valence-corrected chi connectivity index (χ2v) is 5.28. The Kier molecular flexibility index (Phi) is 3.65. The molecule has 0 bridgehead atoms. The lowest BCUT2D eigenvalue weighted by molar-refractivity contribution is 0.498. The van der Waals surface area contributed by atoms with Crippen LogP contribution in [0, 0.1) is 0 Å². The van der Waals surface area contributed by atoms with Crippen LogP contribution in [-0.4, -0.2) is 16.6 Å². The zero-order valence-electron chi connectivity index (χ0n) is 11.5. The molecule has 1 aliphatic rings. The molecule has 1 unspecified atom stereocenters. The van der Waals surface area contributed by atoms with Crippen LogP contribution in [0.15, 0.2) is 36.8 Å². The Bertz CT molecular complexity index is 530. The summed E-state index contributed by atoms with van der Waals surface area (Å²) < 4.78 is 2.33. The third kappa shape index (κ3) is 2.71. The second-order valence-electron chi connectivity index (χ2n) is 5.28. The average molecular weight is 255 g/mol. The number of pyridine rings is 1. The number of rotatable bonds is 4. The number of aryl methyl sites for hydroxylation is 3. The molecule has 100 valence electrons. The van der Waals surface area contributed by atoms with Crippen LogP contribution < -0.4 is 5.32 Å². The molecular formula is C16H21N3. The van der Waals surface area contributed by atoms with Crippen molar-refractivity contribution >= 4 is 0 Å². The normalized spacial score (nSPS) is 18.3. The number of hydrogen-bond donors (Lipinski definition) is 1. The SMILES string of the molecule is CNC1CCCc2cn(CCc3ccccn3)cc21. The Balaban J connectivity index is 1.71. The van der Waals surface area contributed by atoms with Gasteiger partial charge >= 0.3 is 0 Å². The molecule has 3 rings (SSSR count). The molecule has 2 aromatic heterocycles. The number of nitrogens with zero attached hydrogens (tertiary/aromatic N) is 2. The minimum atomic E-state index is 0.542. The van der Waals surface area contributed by atoms with Crippen LogP contribution in [0.1, 0.15) is 35.7 Å². The summed E-state index contributed by atoms with van der Waals surface area (Å²) in [6.45, 7) is 1.01. The summed E-state index contributed by atoms with van der Waals surface area (Å²) in [5.41, 5.74) is 4.18.